The Labute approximate surface area is 111 Å². The molecule has 3 N–H and O–H groups in total. The summed E-state index contributed by atoms with van der Waals surface area (Å²) in [6, 6.07) is -1.68. The lowest BCUT2D eigenvalue weighted by Gasteiger charge is -2.18. The van der Waals surface area contributed by atoms with Gasteiger partial charge in [-0.05, 0) is 32.6 Å². The van der Waals surface area contributed by atoms with E-state index in [1.54, 1.807) is 6.92 Å². The summed E-state index contributed by atoms with van der Waals surface area (Å²) in [4.78, 5) is 33.7. The molecule has 1 rings (SSSR count). The van der Waals surface area contributed by atoms with Crippen molar-refractivity contribution in [1.29, 1.82) is 0 Å². The lowest BCUT2D eigenvalue weighted by molar-refractivity contribution is -0.145. The fourth-order valence-corrected chi connectivity index (χ4v) is 1.76. The Balaban J connectivity index is 2.39. The van der Waals surface area contributed by atoms with Crippen LogP contribution in [0.2, 0.25) is 0 Å². The van der Waals surface area contributed by atoms with Gasteiger partial charge >= 0.3 is 18.0 Å². The molecule has 1 saturated carbocycles. The number of aliphatic carboxylic acids is 1. The van der Waals surface area contributed by atoms with E-state index in [-0.39, 0.29) is 25.0 Å². The second kappa shape index (κ2) is 6.96. The van der Waals surface area contributed by atoms with Crippen LogP contribution >= 0.6 is 0 Å². The maximum atomic E-state index is 11.7. The van der Waals surface area contributed by atoms with Crippen molar-refractivity contribution in [3.63, 3.8) is 0 Å². The van der Waals surface area contributed by atoms with E-state index in [4.69, 9.17) is 9.84 Å². The highest BCUT2D eigenvalue weighted by Gasteiger charge is 2.34. The number of amides is 2. The number of carboxylic acid groups (broad SMARTS) is 1. The highest BCUT2D eigenvalue weighted by molar-refractivity contribution is 5.83. The van der Waals surface area contributed by atoms with E-state index in [0.29, 0.717) is 0 Å². The van der Waals surface area contributed by atoms with Gasteiger partial charge in [0.15, 0.2) is 0 Å². The van der Waals surface area contributed by atoms with Crippen molar-refractivity contribution >= 4 is 18.0 Å². The normalized spacial score (nSPS) is 17.2. The SMILES string of the molecule is CCOC(=O)C(C)NC(=O)NC(CC(=O)O)C1CC1. The van der Waals surface area contributed by atoms with Crippen LogP contribution in [0.3, 0.4) is 0 Å². The molecule has 1 fully saturated rings. The molecule has 2 unspecified atom stereocenters. The topological polar surface area (TPSA) is 105 Å². The number of hydrogen-bond acceptors (Lipinski definition) is 4. The highest BCUT2D eigenvalue weighted by atomic mass is 16.5. The van der Waals surface area contributed by atoms with E-state index in [2.05, 4.69) is 10.6 Å². The molecule has 0 heterocycles. The third kappa shape index (κ3) is 5.58. The minimum absolute atomic E-state index is 0.105. The predicted octanol–water partition coefficient (Wildman–Crippen LogP) is 0.491. The maximum absolute atomic E-state index is 11.7. The van der Waals surface area contributed by atoms with Crippen molar-refractivity contribution in [2.45, 2.75) is 45.2 Å². The van der Waals surface area contributed by atoms with Crippen molar-refractivity contribution in [2.24, 2.45) is 5.92 Å². The summed E-state index contributed by atoms with van der Waals surface area (Å²) in [6.45, 7) is 3.44. The van der Waals surface area contributed by atoms with E-state index in [0.717, 1.165) is 12.8 Å². The summed E-state index contributed by atoms with van der Waals surface area (Å²) in [6.07, 6.45) is 1.74. The number of carboxylic acids is 1. The molecule has 0 spiro atoms. The van der Waals surface area contributed by atoms with E-state index in [1.807, 2.05) is 0 Å². The molecule has 108 valence electrons. The fraction of sp³-hybridized carbons (Fsp3) is 0.750. The Hall–Kier alpha value is -1.79. The average molecular weight is 272 g/mol. The second-order valence-electron chi connectivity index (χ2n) is 4.63. The van der Waals surface area contributed by atoms with Crippen LogP contribution in [0.5, 0.6) is 0 Å². The zero-order chi connectivity index (χ0) is 14.4. The lowest BCUT2D eigenvalue weighted by Crippen LogP contribution is -2.49. The summed E-state index contributed by atoms with van der Waals surface area (Å²) < 4.78 is 4.76. The number of carbonyl (C=O) groups is 3. The molecule has 1 aliphatic carbocycles. The number of esters is 1. The Bertz CT molecular complexity index is 354. The van der Waals surface area contributed by atoms with Gasteiger partial charge in [0.1, 0.15) is 6.04 Å². The zero-order valence-corrected chi connectivity index (χ0v) is 11.1. The number of hydrogen-bond donors (Lipinski definition) is 3. The first-order chi connectivity index (χ1) is 8.93. The van der Waals surface area contributed by atoms with E-state index in [1.165, 1.54) is 6.92 Å². The molecule has 19 heavy (non-hydrogen) atoms. The van der Waals surface area contributed by atoms with Gasteiger partial charge in [0.05, 0.1) is 13.0 Å². The largest absolute Gasteiger partial charge is 0.481 e. The van der Waals surface area contributed by atoms with Gasteiger partial charge in [0.2, 0.25) is 0 Å². The molecule has 7 heteroatoms. The Morgan fingerprint density at radius 1 is 1.32 bits per heavy atom. The number of carbonyl (C=O) groups excluding carboxylic acids is 2. The van der Waals surface area contributed by atoms with Crippen molar-refractivity contribution in [3.8, 4) is 0 Å². The van der Waals surface area contributed by atoms with Crippen molar-refractivity contribution < 1.29 is 24.2 Å². The minimum atomic E-state index is -0.948. The monoisotopic (exact) mass is 272 g/mol. The summed E-state index contributed by atoms with van der Waals surface area (Å²) in [5.41, 5.74) is 0. The van der Waals surface area contributed by atoms with Crippen LogP contribution in [-0.4, -0.2) is 41.8 Å². The molecule has 0 aromatic heterocycles. The van der Waals surface area contributed by atoms with E-state index in [9.17, 15) is 14.4 Å². The van der Waals surface area contributed by atoms with Crippen LogP contribution in [0.15, 0.2) is 0 Å². The second-order valence-corrected chi connectivity index (χ2v) is 4.63. The molecule has 7 nitrogen and oxygen atoms in total. The van der Waals surface area contributed by atoms with Crippen molar-refractivity contribution in [3.05, 3.63) is 0 Å². The van der Waals surface area contributed by atoms with Gasteiger partial charge in [0, 0.05) is 6.04 Å². The molecule has 1 aliphatic rings. The molecule has 0 aromatic carbocycles. The van der Waals surface area contributed by atoms with Crippen LogP contribution < -0.4 is 10.6 Å². The number of urea groups is 1. The Morgan fingerprint density at radius 2 is 1.95 bits per heavy atom. The van der Waals surface area contributed by atoms with Crippen LogP contribution in [0.25, 0.3) is 0 Å². The molecule has 0 radical (unpaired) electrons. The zero-order valence-electron chi connectivity index (χ0n) is 11.1. The summed E-state index contributed by atoms with van der Waals surface area (Å²) in [5.74, 6) is -1.24. The van der Waals surface area contributed by atoms with Crippen LogP contribution in [0, 0.1) is 5.92 Å². The average Bonchev–Trinajstić information content (AvgIpc) is 3.11. The number of rotatable bonds is 7. The lowest BCUT2D eigenvalue weighted by atomic mass is 10.1. The van der Waals surface area contributed by atoms with Crippen molar-refractivity contribution in [1.82, 2.24) is 10.6 Å². The highest BCUT2D eigenvalue weighted by Crippen LogP contribution is 2.33. The van der Waals surface area contributed by atoms with Crippen LogP contribution in [0.1, 0.15) is 33.1 Å². The van der Waals surface area contributed by atoms with Gasteiger partial charge in [-0.15, -0.1) is 0 Å². The first-order valence-electron chi connectivity index (χ1n) is 6.39. The third-order valence-corrected chi connectivity index (χ3v) is 2.89. The Kier molecular flexibility index (Phi) is 5.59. The third-order valence-electron chi connectivity index (χ3n) is 2.89. The number of nitrogens with one attached hydrogen (secondary N) is 2. The van der Waals surface area contributed by atoms with Crippen LogP contribution in [0.4, 0.5) is 4.79 Å². The predicted molar refractivity (Wildman–Crippen MR) is 66.5 cm³/mol. The summed E-state index contributed by atoms with van der Waals surface area (Å²) in [7, 11) is 0. The van der Waals surface area contributed by atoms with Crippen LogP contribution in [-0.2, 0) is 14.3 Å². The van der Waals surface area contributed by atoms with Gasteiger partial charge in [-0.3, -0.25) is 4.79 Å². The Morgan fingerprint density at radius 3 is 2.42 bits per heavy atom. The summed E-state index contributed by atoms with van der Waals surface area (Å²) >= 11 is 0. The quantitative estimate of drug-likeness (QED) is 0.585. The molecule has 0 aromatic rings. The smallest absolute Gasteiger partial charge is 0.328 e. The first-order valence-corrected chi connectivity index (χ1v) is 6.39. The molecule has 2 amide bonds. The minimum Gasteiger partial charge on any atom is -0.481 e. The fourth-order valence-electron chi connectivity index (χ4n) is 1.76. The molecule has 0 aliphatic heterocycles. The van der Waals surface area contributed by atoms with Gasteiger partial charge in [-0.2, -0.15) is 0 Å². The molecule has 0 bridgehead atoms. The van der Waals surface area contributed by atoms with Gasteiger partial charge < -0.3 is 20.5 Å². The molecule has 2 atom stereocenters. The van der Waals surface area contributed by atoms with Gasteiger partial charge in [-0.1, -0.05) is 0 Å². The van der Waals surface area contributed by atoms with Gasteiger partial charge in [0.25, 0.3) is 0 Å². The standard InChI is InChI=1S/C12H20N2O5/c1-3-19-11(17)7(2)13-12(18)14-9(6-10(15)16)8-4-5-8/h7-9H,3-6H2,1-2H3,(H,15,16)(H2,13,14,18). The van der Waals surface area contributed by atoms with E-state index >= 15 is 0 Å². The van der Waals surface area contributed by atoms with E-state index < -0.39 is 24.0 Å². The first kappa shape index (κ1) is 15.3. The molecular formula is C12H20N2O5. The summed E-state index contributed by atoms with van der Waals surface area (Å²) in [5, 5.41) is 13.8. The van der Waals surface area contributed by atoms with Gasteiger partial charge in [-0.25, -0.2) is 9.59 Å². The molecule has 0 saturated heterocycles. The maximum Gasteiger partial charge on any atom is 0.328 e. The number of ether oxygens (including phenoxy) is 1. The van der Waals surface area contributed by atoms with Crippen molar-refractivity contribution in [2.75, 3.05) is 6.61 Å². The molecular weight excluding hydrogens is 252 g/mol.